The summed E-state index contributed by atoms with van der Waals surface area (Å²) in [6, 6.07) is 11.3. The zero-order valence-electron chi connectivity index (χ0n) is 18.8. The molecule has 174 valence electrons. The number of nitrogens with one attached hydrogen (secondary N) is 1. The van der Waals surface area contributed by atoms with E-state index in [1.165, 1.54) is 31.0 Å². The summed E-state index contributed by atoms with van der Waals surface area (Å²) in [5.74, 6) is -0.0703. The fraction of sp³-hybridized carbons (Fsp3) is 0.304. The van der Waals surface area contributed by atoms with Crippen LogP contribution in [0.2, 0.25) is 0 Å². The Morgan fingerprint density at radius 3 is 2.58 bits per heavy atom. The molecule has 0 saturated carbocycles. The Balaban J connectivity index is 2.09. The Morgan fingerprint density at radius 1 is 1.24 bits per heavy atom. The predicted octanol–water partition coefficient (Wildman–Crippen LogP) is 4.38. The Bertz CT molecular complexity index is 1100. The number of carbonyl (C=O) groups is 1. The third-order valence-electron chi connectivity index (χ3n) is 4.95. The van der Waals surface area contributed by atoms with Gasteiger partial charge in [0, 0.05) is 5.70 Å². The Kier molecular flexibility index (Phi) is 7.94. The first-order valence-electron chi connectivity index (χ1n) is 10.2. The van der Waals surface area contributed by atoms with Gasteiger partial charge < -0.3 is 19.5 Å². The number of hydrogen-bond acceptors (Lipinski definition) is 9. The average Bonchev–Trinajstić information content (AvgIpc) is 2.82. The Labute approximate surface area is 196 Å². The molecule has 3 rings (SSSR count). The maximum absolute atomic E-state index is 12.7. The van der Waals surface area contributed by atoms with E-state index in [2.05, 4.69) is 10.3 Å². The van der Waals surface area contributed by atoms with Crippen LogP contribution in [0.5, 0.6) is 11.5 Å². The molecular formula is C23H25N3O6S. The van der Waals surface area contributed by atoms with Crippen LogP contribution < -0.4 is 14.8 Å². The molecule has 0 fully saturated rings. The lowest BCUT2D eigenvalue weighted by Gasteiger charge is -2.25. The largest absolute Gasteiger partial charge is 0.493 e. The molecule has 0 spiro atoms. The van der Waals surface area contributed by atoms with E-state index in [1.807, 2.05) is 36.6 Å². The molecule has 10 heteroatoms. The molecule has 0 saturated heterocycles. The molecule has 1 aliphatic rings. The summed E-state index contributed by atoms with van der Waals surface area (Å²) in [6.07, 6.45) is 1.82. The summed E-state index contributed by atoms with van der Waals surface area (Å²) < 4.78 is 16.5. The number of aliphatic imine (C=N–C) groups is 1. The van der Waals surface area contributed by atoms with Gasteiger partial charge in [-0.05, 0) is 31.7 Å². The number of nitrogens with zero attached hydrogens (tertiary/aromatic N) is 2. The van der Waals surface area contributed by atoms with Gasteiger partial charge in [0.25, 0.3) is 5.69 Å². The third-order valence-corrected chi connectivity index (χ3v) is 5.54. The van der Waals surface area contributed by atoms with Gasteiger partial charge in [-0.25, -0.2) is 9.79 Å². The lowest BCUT2D eigenvalue weighted by molar-refractivity contribution is -0.385. The first-order valence-corrected chi connectivity index (χ1v) is 11.4. The summed E-state index contributed by atoms with van der Waals surface area (Å²) in [5, 5.41) is 15.6. The molecule has 1 aliphatic heterocycles. The second kappa shape index (κ2) is 10.9. The van der Waals surface area contributed by atoms with E-state index in [9.17, 15) is 14.9 Å². The van der Waals surface area contributed by atoms with Crippen molar-refractivity contribution in [3.05, 3.63) is 75.0 Å². The van der Waals surface area contributed by atoms with Crippen molar-refractivity contribution < 1.29 is 23.9 Å². The van der Waals surface area contributed by atoms with Gasteiger partial charge in [-0.1, -0.05) is 42.1 Å². The van der Waals surface area contributed by atoms with Crippen LogP contribution in [0.25, 0.3) is 0 Å². The smallest absolute Gasteiger partial charge is 0.338 e. The number of carbonyl (C=O) groups excluding carboxylic acids is 1. The molecule has 0 aromatic heterocycles. The van der Waals surface area contributed by atoms with Crippen molar-refractivity contribution in [3.8, 4) is 11.5 Å². The van der Waals surface area contributed by atoms with Crippen LogP contribution in [0.3, 0.4) is 0 Å². The van der Waals surface area contributed by atoms with Crippen molar-refractivity contribution >= 4 is 28.6 Å². The van der Waals surface area contributed by atoms with Crippen LogP contribution in [0.4, 0.5) is 5.69 Å². The molecule has 1 N–H and O–H groups in total. The van der Waals surface area contributed by atoms with Crippen molar-refractivity contribution in [1.29, 1.82) is 0 Å². The van der Waals surface area contributed by atoms with Gasteiger partial charge >= 0.3 is 5.97 Å². The number of ether oxygens (including phenoxy) is 3. The van der Waals surface area contributed by atoms with E-state index in [-0.39, 0.29) is 35.8 Å². The molecule has 2 aromatic rings. The molecule has 2 aromatic carbocycles. The molecule has 1 atom stereocenters. The van der Waals surface area contributed by atoms with Crippen molar-refractivity contribution in [2.24, 2.45) is 4.99 Å². The average molecular weight is 472 g/mol. The number of methoxy groups -OCH3 is 1. The third kappa shape index (κ3) is 5.46. The monoisotopic (exact) mass is 471 g/mol. The number of amidine groups is 1. The van der Waals surface area contributed by atoms with Crippen LogP contribution in [-0.2, 0) is 16.1 Å². The van der Waals surface area contributed by atoms with E-state index >= 15 is 0 Å². The number of thioether (sulfide) groups is 1. The second-order valence-electron chi connectivity index (χ2n) is 7.02. The first kappa shape index (κ1) is 24.1. The van der Waals surface area contributed by atoms with Crippen LogP contribution in [-0.4, -0.2) is 36.0 Å². The quantitative estimate of drug-likeness (QED) is 0.343. The lowest BCUT2D eigenvalue weighted by Crippen LogP contribution is -2.30. The summed E-state index contributed by atoms with van der Waals surface area (Å²) >= 11 is 1.33. The molecule has 0 radical (unpaired) electrons. The number of allylic oxidation sites excluding steroid dienone is 1. The highest BCUT2D eigenvalue weighted by molar-refractivity contribution is 8.13. The summed E-state index contributed by atoms with van der Waals surface area (Å²) in [7, 11) is 1.45. The minimum absolute atomic E-state index is 0.166. The van der Waals surface area contributed by atoms with Crippen molar-refractivity contribution in [2.45, 2.75) is 26.5 Å². The topological polar surface area (TPSA) is 112 Å². The maximum atomic E-state index is 12.7. The molecule has 0 bridgehead atoms. The predicted molar refractivity (Wildman–Crippen MR) is 127 cm³/mol. The molecule has 1 heterocycles. The van der Waals surface area contributed by atoms with Crippen molar-refractivity contribution in [1.82, 2.24) is 5.32 Å². The minimum Gasteiger partial charge on any atom is -0.493 e. The number of nitro groups is 1. The van der Waals surface area contributed by atoms with Crippen LogP contribution in [0.15, 0.2) is 58.7 Å². The van der Waals surface area contributed by atoms with Gasteiger partial charge in [-0.3, -0.25) is 10.1 Å². The molecule has 33 heavy (non-hydrogen) atoms. The first-order chi connectivity index (χ1) is 15.9. The SMILES string of the molecule is CCOC(=O)C1=C(C)NC(SC)=N[C@@H]1c1cc(OC)c(OCc2ccccc2)cc1[N+](=O)[O-]. The number of esters is 1. The molecule has 0 aliphatic carbocycles. The number of rotatable bonds is 8. The van der Waals surface area contributed by atoms with Gasteiger partial charge in [-0.2, -0.15) is 0 Å². The van der Waals surface area contributed by atoms with Gasteiger partial charge in [0.2, 0.25) is 0 Å². The normalized spacial score (nSPS) is 15.4. The lowest BCUT2D eigenvalue weighted by atomic mass is 9.94. The Morgan fingerprint density at radius 2 is 1.97 bits per heavy atom. The summed E-state index contributed by atoms with van der Waals surface area (Å²) in [5.41, 5.74) is 1.61. The van der Waals surface area contributed by atoms with E-state index in [1.54, 1.807) is 13.8 Å². The standard InChI is InChI=1S/C23H25N3O6S/c1-5-31-22(27)20-14(2)24-23(33-4)25-21(20)16-11-18(30-3)19(12-17(16)26(28)29)32-13-15-9-7-6-8-10-15/h6-12,21H,5,13H2,1-4H3,(H,24,25)/t21-/m1/s1. The Hall–Kier alpha value is -3.53. The molecular weight excluding hydrogens is 446 g/mol. The van der Waals surface area contributed by atoms with Crippen LogP contribution >= 0.6 is 11.8 Å². The molecule has 0 amide bonds. The van der Waals surface area contributed by atoms with E-state index < -0.39 is 16.9 Å². The highest BCUT2D eigenvalue weighted by atomic mass is 32.2. The highest BCUT2D eigenvalue weighted by Gasteiger charge is 2.35. The zero-order valence-corrected chi connectivity index (χ0v) is 19.6. The molecule has 0 unspecified atom stereocenters. The summed E-state index contributed by atoms with van der Waals surface area (Å²) in [6.45, 7) is 3.78. The number of nitro benzene ring substituents is 1. The fourth-order valence-corrected chi connectivity index (χ4v) is 3.86. The summed E-state index contributed by atoms with van der Waals surface area (Å²) in [4.78, 5) is 28.8. The van der Waals surface area contributed by atoms with Crippen LogP contribution in [0, 0.1) is 10.1 Å². The van der Waals surface area contributed by atoms with Gasteiger partial charge in [-0.15, -0.1) is 0 Å². The van der Waals surface area contributed by atoms with E-state index in [0.29, 0.717) is 16.6 Å². The number of hydrogen-bond donors (Lipinski definition) is 1. The molecule has 9 nitrogen and oxygen atoms in total. The van der Waals surface area contributed by atoms with Gasteiger partial charge in [0.1, 0.15) is 12.6 Å². The second-order valence-corrected chi connectivity index (χ2v) is 7.81. The van der Waals surface area contributed by atoms with Crippen molar-refractivity contribution in [3.63, 3.8) is 0 Å². The van der Waals surface area contributed by atoms with Crippen LogP contribution in [0.1, 0.15) is 31.0 Å². The van der Waals surface area contributed by atoms with E-state index in [4.69, 9.17) is 14.2 Å². The van der Waals surface area contributed by atoms with Gasteiger partial charge in [0.15, 0.2) is 16.7 Å². The fourth-order valence-electron chi connectivity index (χ4n) is 3.40. The van der Waals surface area contributed by atoms with Gasteiger partial charge in [0.05, 0.1) is 35.8 Å². The minimum atomic E-state index is -0.940. The number of benzene rings is 2. The maximum Gasteiger partial charge on any atom is 0.338 e. The van der Waals surface area contributed by atoms with Crippen molar-refractivity contribution in [2.75, 3.05) is 20.0 Å². The highest BCUT2D eigenvalue weighted by Crippen LogP contribution is 2.43. The zero-order chi connectivity index (χ0) is 24.0. The van der Waals surface area contributed by atoms with E-state index in [0.717, 1.165) is 5.56 Å².